The third-order valence-corrected chi connectivity index (χ3v) is 2.88. The lowest BCUT2D eigenvalue weighted by molar-refractivity contribution is -0.120. The van der Waals surface area contributed by atoms with E-state index in [2.05, 4.69) is 10.2 Å². The molecule has 0 atom stereocenters. The van der Waals surface area contributed by atoms with Crippen LogP contribution in [0.1, 0.15) is 10.8 Å². The number of nitrogens with zero attached hydrogens (tertiary/aromatic N) is 2. The molecule has 0 saturated heterocycles. The van der Waals surface area contributed by atoms with Gasteiger partial charge in [0.2, 0.25) is 11.8 Å². The van der Waals surface area contributed by atoms with Crippen molar-refractivity contribution in [3.05, 3.63) is 22.9 Å². The predicted molar refractivity (Wildman–Crippen MR) is 58.4 cm³/mol. The Morgan fingerprint density at radius 3 is 3.00 bits per heavy atom. The van der Waals surface area contributed by atoms with Gasteiger partial charge in [0.25, 0.3) is 5.89 Å². The molecule has 0 aliphatic rings. The maximum atomic E-state index is 11.0. The van der Waals surface area contributed by atoms with E-state index in [0.29, 0.717) is 5.89 Å². The van der Waals surface area contributed by atoms with Gasteiger partial charge in [0.15, 0.2) is 0 Å². The molecule has 0 radical (unpaired) electrons. The zero-order chi connectivity index (χ0) is 11.5. The first-order chi connectivity index (χ1) is 7.69. The quantitative estimate of drug-likeness (QED) is 0.465. The van der Waals surface area contributed by atoms with Gasteiger partial charge in [0.1, 0.15) is 6.42 Å². The lowest BCUT2D eigenvalue weighted by Gasteiger charge is -1.92. The van der Waals surface area contributed by atoms with Crippen LogP contribution >= 0.6 is 11.3 Å². The second-order valence-electron chi connectivity index (χ2n) is 3.16. The first-order valence-corrected chi connectivity index (χ1v) is 5.39. The van der Waals surface area contributed by atoms with Crippen molar-refractivity contribution in [2.24, 2.45) is 5.84 Å². The van der Waals surface area contributed by atoms with Crippen LogP contribution in [0.2, 0.25) is 0 Å². The van der Waals surface area contributed by atoms with E-state index in [0.717, 1.165) is 9.75 Å². The fourth-order valence-electron chi connectivity index (χ4n) is 1.16. The molecule has 0 aliphatic carbocycles. The zero-order valence-electron chi connectivity index (χ0n) is 8.56. The molecular weight excluding hydrogens is 228 g/mol. The topological polar surface area (TPSA) is 94.0 Å². The van der Waals surface area contributed by atoms with Crippen molar-refractivity contribution in [2.75, 3.05) is 0 Å². The van der Waals surface area contributed by atoms with Crippen LogP contribution < -0.4 is 11.3 Å². The number of hydrazine groups is 1. The molecule has 7 heteroatoms. The molecule has 0 aliphatic heterocycles. The van der Waals surface area contributed by atoms with Crippen molar-refractivity contribution >= 4 is 17.2 Å². The van der Waals surface area contributed by atoms with Gasteiger partial charge in [-0.05, 0) is 19.1 Å². The van der Waals surface area contributed by atoms with Crippen LogP contribution in [-0.2, 0) is 11.2 Å². The minimum absolute atomic E-state index is 0.00609. The highest BCUT2D eigenvalue weighted by molar-refractivity contribution is 7.15. The summed E-state index contributed by atoms with van der Waals surface area (Å²) < 4.78 is 5.33. The second-order valence-corrected chi connectivity index (χ2v) is 4.44. The molecule has 2 aromatic rings. The summed E-state index contributed by atoms with van der Waals surface area (Å²) in [5, 5.41) is 7.62. The number of thiophene rings is 1. The standard InChI is InChI=1S/C9H10N4O2S/c1-5-2-3-6(16-5)9-13-12-8(15-9)4-7(14)11-10/h2-3H,4,10H2,1H3,(H,11,14). The molecular formula is C9H10N4O2S. The van der Waals surface area contributed by atoms with Gasteiger partial charge in [0.05, 0.1) is 4.88 Å². The molecule has 2 heterocycles. The van der Waals surface area contributed by atoms with Crippen LogP contribution in [0.5, 0.6) is 0 Å². The summed E-state index contributed by atoms with van der Waals surface area (Å²) in [5.74, 6) is 5.27. The first-order valence-electron chi connectivity index (χ1n) is 4.57. The van der Waals surface area contributed by atoms with E-state index in [-0.39, 0.29) is 18.2 Å². The number of carbonyl (C=O) groups is 1. The Morgan fingerprint density at radius 2 is 2.38 bits per heavy atom. The van der Waals surface area contributed by atoms with Crippen molar-refractivity contribution in [3.63, 3.8) is 0 Å². The Morgan fingerprint density at radius 1 is 1.56 bits per heavy atom. The van der Waals surface area contributed by atoms with Crippen molar-refractivity contribution < 1.29 is 9.21 Å². The molecule has 6 nitrogen and oxygen atoms in total. The van der Waals surface area contributed by atoms with Gasteiger partial charge in [0, 0.05) is 4.88 Å². The third-order valence-electron chi connectivity index (χ3n) is 1.89. The number of carbonyl (C=O) groups excluding carboxylic acids is 1. The van der Waals surface area contributed by atoms with E-state index in [1.807, 2.05) is 24.5 Å². The highest BCUT2D eigenvalue weighted by Gasteiger charge is 2.12. The number of nitrogens with one attached hydrogen (secondary N) is 1. The van der Waals surface area contributed by atoms with E-state index in [9.17, 15) is 4.79 Å². The highest BCUT2D eigenvalue weighted by atomic mass is 32.1. The maximum absolute atomic E-state index is 11.0. The highest BCUT2D eigenvalue weighted by Crippen LogP contribution is 2.26. The zero-order valence-corrected chi connectivity index (χ0v) is 9.37. The third kappa shape index (κ3) is 2.26. The van der Waals surface area contributed by atoms with Crippen molar-refractivity contribution in [1.82, 2.24) is 15.6 Å². The Labute approximate surface area is 95.4 Å². The average molecular weight is 238 g/mol. The number of aromatic nitrogens is 2. The van der Waals surface area contributed by atoms with Gasteiger partial charge in [-0.2, -0.15) is 0 Å². The van der Waals surface area contributed by atoms with Crippen LogP contribution in [0.4, 0.5) is 0 Å². The summed E-state index contributed by atoms with van der Waals surface area (Å²) in [4.78, 5) is 13.0. The number of rotatable bonds is 3. The normalized spacial score (nSPS) is 10.4. The molecule has 16 heavy (non-hydrogen) atoms. The summed E-state index contributed by atoms with van der Waals surface area (Å²) in [5.41, 5.74) is 2.00. The SMILES string of the molecule is Cc1ccc(-c2nnc(CC(=O)NN)o2)s1. The molecule has 2 rings (SSSR count). The van der Waals surface area contributed by atoms with Gasteiger partial charge in [-0.1, -0.05) is 0 Å². The van der Waals surface area contributed by atoms with Crippen LogP contribution in [0.15, 0.2) is 16.5 Å². The van der Waals surface area contributed by atoms with Crippen LogP contribution in [0, 0.1) is 6.92 Å². The Hall–Kier alpha value is -1.73. The maximum Gasteiger partial charge on any atom is 0.257 e. The molecule has 0 aromatic carbocycles. The number of amides is 1. The first kappa shape index (κ1) is 10.8. The minimum atomic E-state index is -0.363. The van der Waals surface area contributed by atoms with Crippen molar-refractivity contribution in [3.8, 4) is 10.8 Å². The molecule has 2 aromatic heterocycles. The van der Waals surface area contributed by atoms with Crippen molar-refractivity contribution in [2.45, 2.75) is 13.3 Å². The van der Waals surface area contributed by atoms with E-state index in [1.165, 1.54) is 0 Å². The molecule has 0 unspecified atom stereocenters. The fourth-order valence-corrected chi connectivity index (χ4v) is 1.95. The van der Waals surface area contributed by atoms with Gasteiger partial charge in [-0.15, -0.1) is 21.5 Å². The summed E-state index contributed by atoms with van der Waals surface area (Å²) >= 11 is 1.56. The molecule has 3 N–H and O–H groups in total. The summed E-state index contributed by atoms with van der Waals surface area (Å²) in [6.07, 6.45) is -0.00609. The van der Waals surface area contributed by atoms with Crippen LogP contribution in [-0.4, -0.2) is 16.1 Å². The van der Waals surface area contributed by atoms with E-state index in [1.54, 1.807) is 11.3 Å². The second kappa shape index (κ2) is 4.42. The van der Waals surface area contributed by atoms with E-state index in [4.69, 9.17) is 10.3 Å². The minimum Gasteiger partial charge on any atom is -0.419 e. The number of hydrogen-bond acceptors (Lipinski definition) is 6. The van der Waals surface area contributed by atoms with Gasteiger partial charge in [-0.3, -0.25) is 10.2 Å². The monoisotopic (exact) mass is 238 g/mol. The largest absolute Gasteiger partial charge is 0.419 e. The van der Waals surface area contributed by atoms with E-state index < -0.39 is 0 Å². The fraction of sp³-hybridized carbons (Fsp3) is 0.222. The lowest BCUT2D eigenvalue weighted by Crippen LogP contribution is -2.31. The Kier molecular flexibility index (Phi) is 2.97. The van der Waals surface area contributed by atoms with Crippen molar-refractivity contribution in [1.29, 1.82) is 0 Å². The van der Waals surface area contributed by atoms with Gasteiger partial charge >= 0.3 is 0 Å². The molecule has 84 valence electrons. The predicted octanol–water partition coefficient (Wildman–Crippen LogP) is 0.639. The molecule has 1 amide bonds. The van der Waals surface area contributed by atoms with Gasteiger partial charge < -0.3 is 4.42 Å². The summed E-state index contributed by atoms with van der Waals surface area (Å²) in [6.45, 7) is 1.99. The lowest BCUT2D eigenvalue weighted by atomic mass is 10.4. The Bertz CT molecular complexity index is 505. The average Bonchev–Trinajstić information content (AvgIpc) is 2.87. The smallest absolute Gasteiger partial charge is 0.257 e. The van der Waals surface area contributed by atoms with Crippen LogP contribution in [0.25, 0.3) is 10.8 Å². The number of hydrogen-bond donors (Lipinski definition) is 2. The van der Waals surface area contributed by atoms with Crippen LogP contribution in [0.3, 0.4) is 0 Å². The molecule has 0 bridgehead atoms. The Balaban J connectivity index is 2.16. The molecule has 0 spiro atoms. The molecule has 0 saturated carbocycles. The number of nitrogens with two attached hydrogens (primary N) is 1. The van der Waals surface area contributed by atoms with E-state index >= 15 is 0 Å². The summed E-state index contributed by atoms with van der Waals surface area (Å²) in [7, 11) is 0. The number of aryl methyl sites for hydroxylation is 1. The molecule has 0 fully saturated rings. The van der Waals surface area contributed by atoms with Gasteiger partial charge in [-0.25, -0.2) is 5.84 Å². The summed E-state index contributed by atoms with van der Waals surface area (Å²) in [6, 6.07) is 3.87.